The van der Waals surface area contributed by atoms with Crippen molar-refractivity contribution in [3.63, 3.8) is 0 Å². The van der Waals surface area contributed by atoms with E-state index in [-0.39, 0.29) is 10.8 Å². The van der Waals surface area contributed by atoms with E-state index in [0.717, 1.165) is 37.8 Å². The van der Waals surface area contributed by atoms with Gasteiger partial charge < -0.3 is 4.90 Å². The third-order valence-corrected chi connectivity index (χ3v) is 6.72. The summed E-state index contributed by atoms with van der Waals surface area (Å²) in [7, 11) is -3.49. The first-order chi connectivity index (χ1) is 14.9. The Balaban J connectivity index is 1.44. The normalized spacial score (nSPS) is 15.5. The smallest absolute Gasteiger partial charge is 0.263 e. The van der Waals surface area contributed by atoms with Gasteiger partial charge in [-0.25, -0.2) is 8.42 Å². The van der Waals surface area contributed by atoms with Crippen LogP contribution in [0.2, 0.25) is 0 Å². The topological polar surface area (TPSA) is 78.8 Å². The number of nitrogens with one attached hydrogen (secondary N) is 1. The van der Waals surface area contributed by atoms with E-state index in [4.69, 9.17) is 0 Å². The van der Waals surface area contributed by atoms with Crippen molar-refractivity contribution in [3.8, 4) is 0 Å². The molecule has 7 heteroatoms. The molecule has 0 unspecified atom stereocenters. The van der Waals surface area contributed by atoms with Gasteiger partial charge in [0, 0.05) is 31.6 Å². The number of benzene rings is 2. The van der Waals surface area contributed by atoms with Crippen molar-refractivity contribution in [1.82, 2.24) is 9.62 Å². The number of fused-ring (bicyclic) bond motifs is 1. The Morgan fingerprint density at radius 2 is 1.77 bits per heavy atom. The van der Waals surface area contributed by atoms with Gasteiger partial charge in [-0.05, 0) is 43.9 Å². The van der Waals surface area contributed by atoms with Gasteiger partial charge in [-0.15, -0.1) is 0 Å². The summed E-state index contributed by atoms with van der Waals surface area (Å²) in [5, 5.41) is 0. The van der Waals surface area contributed by atoms with E-state index >= 15 is 0 Å². The first-order valence-corrected chi connectivity index (χ1v) is 12.4. The van der Waals surface area contributed by atoms with E-state index < -0.39 is 10.0 Å². The number of unbranched alkanes of at least 4 members (excludes halogenated alkanes) is 2. The number of aliphatic imine (C=N–C) groups is 1. The molecule has 0 aliphatic carbocycles. The molecule has 2 aromatic carbocycles. The van der Waals surface area contributed by atoms with Gasteiger partial charge in [-0.2, -0.15) is 0 Å². The van der Waals surface area contributed by atoms with E-state index in [1.54, 1.807) is 24.3 Å². The number of amides is 1. The van der Waals surface area contributed by atoms with Gasteiger partial charge in [0.1, 0.15) is 5.84 Å². The lowest BCUT2D eigenvalue weighted by molar-refractivity contribution is -0.132. The maximum Gasteiger partial charge on any atom is 0.263 e. The van der Waals surface area contributed by atoms with Crippen LogP contribution in [0, 0.1) is 6.92 Å². The Labute approximate surface area is 185 Å². The second kappa shape index (κ2) is 10.6. The van der Waals surface area contributed by atoms with Gasteiger partial charge in [0.15, 0.2) is 0 Å². The number of carbonyl (C=O) groups is 1. The minimum atomic E-state index is -3.49. The molecule has 1 aliphatic rings. The standard InChI is InChI=1S/C24H31N3O3S/c1-3-17-27(18-20-14-12-19(2)13-15-20)23(28)11-5-4-8-16-25-24-21-9-6-7-10-22(21)31(29,30)26-24/h6-7,9-10,12-15H,3-5,8,11,16-18H2,1-2H3,(H,25,26). The Morgan fingerprint density at radius 1 is 1.03 bits per heavy atom. The number of rotatable bonds is 10. The van der Waals surface area contributed by atoms with Crippen LogP contribution >= 0.6 is 0 Å². The van der Waals surface area contributed by atoms with Crippen LogP contribution in [-0.2, 0) is 21.4 Å². The quantitative estimate of drug-likeness (QED) is 0.565. The molecule has 0 saturated heterocycles. The summed E-state index contributed by atoms with van der Waals surface area (Å²) in [5.74, 6) is 0.602. The second-order valence-corrected chi connectivity index (χ2v) is 9.59. The predicted molar refractivity (Wildman–Crippen MR) is 124 cm³/mol. The number of hydrogen-bond acceptors (Lipinski definition) is 4. The molecule has 1 heterocycles. The zero-order chi connectivity index (χ0) is 22.3. The summed E-state index contributed by atoms with van der Waals surface area (Å²) in [4.78, 5) is 19.3. The summed E-state index contributed by atoms with van der Waals surface area (Å²) in [5.41, 5.74) is 3.00. The van der Waals surface area contributed by atoms with Crippen LogP contribution < -0.4 is 4.72 Å². The summed E-state index contributed by atoms with van der Waals surface area (Å²) in [6.07, 6.45) is 3.96. The van der Waals surface area contributed by atoms with Crippen LogP contribution in [0.4, 0.5) is 0 Å². The monoisotopic (exact) mass is 441 g/mol. The zero-order valence-electron chi connectivity index (χ0n) is 18.3. The Kier molecular flexibility index (Phi) is 7.85. The summed E-state index contributed by atoms with van der Waals surface area (Å²) < 4.78 is 26.7. The SMILES string of the molecule is CCCN(Cc1ccc(C)cc1)C(=O)CCCCCN=C1NS(=O)(=O)c2ccccc21. The van der Waals surface area contributed by atoms with Gasteiger partial charge in [0.2, 0.25) is 5.91 Å². The molecule has 1 amide bonds. The first-order valence-electron chi connectivity index (χ1n) is 10.9. The molecule has 6 nitrogen and oxygen atoms in total. The van der Waals surface area contributed by atoms with Crippen molar-refractivity contribution >= 4 is 21.8 Å². The minimum absolute atomic E-state index is 0.186. The number of carbonyl (C=O) groups excluding carboxylic acids is 1. The highest BCUT2D eigenvalue weighted by Crippen LogP contribution is 2.22. The maximum atomic E-state index is 12.7. The third kappa shape index (κ3) is 6.17. The van der Waals surface area contributed by atoms with Gasteiger partial charge in [-0.1, -0.05) is 55.3 Å². The van der Waals surface area contributed by atoms with Crippen molar-refractivity contribution in [2.45, 2.75) is 57.4 Å². The minimum Gasteiger partial charge on any atom is -0.338 e. The lowest BCUT2D eigenvalue weighted by Gasteiger charge is -2.22. The van der Waals surface area contributed by atoms with Gasteiger partial charge >= 0.3 is 0 Å². The molecule has 0 spiro atoms. The van der Waals surface area contributed by atoms with Gasteiger partial charge in [0.25, 0.3) is 10.0 Å². The molecule has 31 heavy (non-hydrogen) atoms. The van der Waals surface area contributed by atoms with Crippen molar-refractivity contribution in [3.05, 3.63) is 65.2 Å². The van der Waals surface area contributed by atoms with Crippen LogP contribution in [0.15, 0.2) is 58.4 Å². The highest BCUT2D eigenvalue weighted by Gasteiger charge is 2.29. The fourth-order valence-electron chi connectivity index (χ4n) is 3.64. The van der Waals surface area contributed by atoms with E-state index in [1.165, 1.54) is 5.56 Å². The fourth-order valence-corrected chi connectivity index (χ4v) is 4.89. The van der Waals surface area contributed by atoms with Crippen LogP contribution in [0.3, 0.4) is 0 Å². The lowest BCUT2D eigenvalue weighted by Crippen LogP contribution is -2.31. The molecule has 0 fully saturated rings. The Morgan fingerprint density at radius 3 is 2.52 bits per heavy atom. The average molecular weight is 442 g/mol. The molecular formula is C24H31N3O3S. The van der Waals surface area contributed by atoms with E-state index in [2.05, 4.69) is 47.8 Å². The number of hydrogen-bond donors (Lipinski definition) is 1. The molecule has 3 rings (SSSR count). The molecule has 2 aromatic rings. The summed E-state index contributed by atoms with van der Waals surface area (Å²) >= 11 is 0. The largest absolute Gasteiger partial charge is 0.338 e. The van der Waals surface area contributed by atoms with Gasteiger partial charge in [0.05, 0.1) is 4.90 Å². The molecule has 166 valence electrons. The Bertz CT molecular complexity index is 1030. The van der Waals surface area contributed by atoms with Crippen LogP contribution in [0.25, 0.3) is 0 Å². The molecule has 1 aliphatic heterocycles. The van der Waals surface area contributed by atoms with Crippen molar-refractivity contribution in [2.24, 2.45) is 4.99 Å². The average Bonchev–Trinajstić information content (AvgIpc) is 3.02. The number of nitrogens with zero attached hydrogens (tertiary/aromatic N) is 2. The summed E-state index contributed by atoms with van der Waals surface area (Å²) in [6, 6.07) is 15.2. The molecule has 0 atom stereocenters. The number of aryl methyl sites for hydroxylation is 1. The van der Waals surface area contributed by atoms with Crippen LogP contribution in [0.1, 0.15) is 55.7 Å². The molecule has 0 bridgehead atoms. The highest BCUT2D eigenvalue weighted by molar-refractivity contribution is 7.90. The first kappa shape index (κ1) is 23.0. The summed E-state index contributed by atoms with van der Waals surface area (Å²) in [6.45, 7) is 6.09. The van der Waals surface area contributed by atoms with Crippen molar-refractivity contribution < 1.29 is 13.2 Å². The third-order valence-electron chi connectivity index (χ3n) is 5.32. The van der Waals surface area contributed by atoms with E-state index in [9.17, 15) is 13.2 Å². The van der Waals surface area contributed by atoms with E-state index in [0.29, 0.717) is 30.9 Å². The second-order valence-electron chi connectivity index (χ2n) is 7.94. The van der Waals surface area contributed by atoms with Gasteiger partial charge in [-0.3, -0.25) is 14.5 Å². The zero-order valence-corrected chi connectivity index (χ0v) is 19.1. The number of amidine groups is 1. The van der Waals surface area contributed by atoms with Crippen molar-refractivity contribution in [1.29, 1.82) is 0 Å². The van der Waals surface area contributed by atoms with Crippen molar-refractivity contribution in [2.75, 3.05) is 13.1 Å². The molecule has 0 saturated carbocycles. The molecular weight excluding hydrogens is 410 g/mol. The molecule has 1 N–H and O–H groups in total. The number of sulfonamides is 1. The molecule has 0 aromatic heterocycles. The predicted octanol–water partition coefficient (Wildman–Crippen LogP) is 4.03. The molecule has 0 radical (unpaired) electrons. The Hall–Kier alpha value is -2.67. The highest BCUT2D eigenvalue weighted by atomic mass is 32.2. The van der Waals surface area contributed by atoms with E-state index in [1.807, 2.05) is 4.90 Å². The van der Waals surface area contributed by atoms with Crippen LogP contribution in [-0.4, -0.2) is 38.2 Å². The lowest BCUT2D eigenvalue weighted by atomic mass is 10.1. The van der Waals surface area contributed by atoms with Crippen LogP contribution in [0.5, 0.6) is 0 Å². The maximum absolute atomic E-state index is 12.7. The fraction of sp³-hybridized carbons (Fsp3) is 0.417.